The Bertz CT molecular complexity index is 803. The Balaban J connectivity index is 1.95. The monoisotopic (exact) mass is 401 g/mol. The number of carbonyl (C=O) groups is 2. The van der Waals surface area contributed by atoms with Gasteiger partial charge in [0.1, 0.15) is 24.2 Å². The second-order valence-corrected chi connectivity index (χ2v) is 6.84. The number of carboxylic acids is 1. The minimum absolute atomic E-state index is 0.158. The SMILES string of the molecule is COc1cccc(-c2ccc(OCC(CN(C)C)OC(=O)CCC(=O)O)cc2)c1. The van der Waals surface area contributed by atoms with Crippen molar-refractivity contribution in [3.8, 4) is 22.6 Å². The molecule has 0 heterocycles. The summed E-state index contributed by atoms with van der Waals surface area (Å²) in [6.45, 7) is 0.649. The predicted octanol–water partition coefficient (Wildman–Crippen LogP) is 3.08. The van der Waals surface area contributed by atoms with Crippen LogP contribution in [-0.2, 0) is 14.3 Å². The lowest BCUT2D eigenvalue weighted by atomic mass is 10.1. The molecular weight excluding hydrogens is 374 g/mol. The van der Waals surface area contributed by atoms with E-state index in [4.69, 9.17) is 19.3 Å². The molecule has 2 aromatic rings. The van der Waals surface area contributed by atoms with Crippen LogP contribution >= 0.6 is 0 Å². The highest BCUT2D eigenvalue weighted by Crippen LogP contribution is 2.25. The van der Waals surface area contributed by atoms with E-state index in [-0.39, 0.29) is 19.4 Å². The van der Waals surface area contributed by atoms with Crippen molar-refractivity contribution < 1.29 is 28.9 Å². The van der Waals surface area contributed by atoms with E-state index in [0.717, 1.165) is 16.9 Å². The van der Waals surface area contributed by atoms with Gasteiger partial charge in [-0.15, -0.1) is 0 Å². The first-order valence-corrected chi connectivity index (χ1v) is 9.30. The fourth-order valence-electron chi connectivity index (χ4n) is 2.72. The molecule has 2 rings (SSSR count). The number of ether oxygens (including phenoxy) is 3. The fraction of sp³-hybridized carbons (Fsp3) is 0.364. The molecule has 7 heteroatoms. The van der Waals surface area contributed by atoms with Gasteiger partial charge >= 0.3 is 11.9 Å². The van der Waals surface area contributed by atoms with Crippen molar-refractivity contribution in [2.75, 3.05) is 34.4 Å². The lowest BCUT2D eigenvalue weighted by molar-refractivity contribution is -0.153. The van der Waals surface area contributed by atoms with E-state index < -0.39 is 18.0 Å². The van der Waals surface area contributed by atoms with Gasteiger partial charge in [0.15, 0.2) is 0 Å². The van der Waals surface area contributed by atoms with E-state index in [2.05, 4.69) is 0 Å². The third-order valence-electron chi connectivity index (χ3n) is 4.10. The Morgan fingerprint density at radius 3 is 2.34 bits per heavy atom. The Kier molecular flexibility index (Phi) is 8.48. The number of esters is 1. The maximum Gasteiger partial charge on any atom is 0.306 e. The molecule has 1 atom stereocenters. The van der Waals surface area contributed by atoms with Crippen molar-refractivity contribution in [3.05, 3.63) is 48.5 Å². The van der Waals surface area contributed by atoms with Crippen LogP contribution in [0.2, 0.25) is 0 Å². The van der Waals surface area contributed by atoms with Gasteiger partial charge in [0.25, 0.3) is 0 Å². The fourth-order valence-corrected chi connectivity index (χ4v) is 2.72. The Hall–Kier alpha value is -3.06. The topological polar surface area (TPSA) is 85.3 Å². The number of methoxy groups -OCH3 is 1. The number of rotatable bonds is 11. The van der Waals surface area contributed by atoms with Gasteiger partial charge in [-0.05, 0) is 49.5 Å². The highest BCUT2D eigenvalue weighted by molar-refractivity contribution is 5.76. The second-order valence-electron chi connectivity index (χ2n) is 6.84. The molecule has 1 unspecified atom stereocenters. The molecule has 1 N–H and O–H groups in total. The first kappa shape index (κ1) is 22.2. The normalized spacial score (nSPS) is 11.7. The smallest absolute Gasteiger partial charge is 0.306 e. The molecule has 0 radical (unpaired) electrons. The minimum Gasteiger partial charge on any atom is -0.497 e. The molecule has 0 aromatic heterocycles. The summed E-state index contributed by atoms with van der Waals surface area (Å²) in [5.41, 5.74) is 2.06. The molecular formula is C22H27NO6. The highest BCUT2D eigenvalue weighted by Gasteiger charge is 2.17. The quantitative estimate of drug-likeness (QED) is 0.579. The van der Waals surface area contributed by atoms with Gasteiger partial charge in [0.05, 0.1) is 20.0 Å². The van der Waals surface area contributed by atoms with Gasteiger partial charge in [-0.1, -0.05) is 24.3 Å². The maximum absolute atomic E-state index is 11.8. The maximum atomic E-state index is 11.8. The molecule has 0 spiro atoms. The van der Waals surface area contributed by atoms with Crippen molar-refractivity contribution in [1.82, 2.24) is 4.90 Å². The molecule has 29 heavy (non-hydrogen) atoms. The summed E-state index contributed by atoms with van der Waals surface area (Å²) < 4.78 is 16.4. The van der Waals surface area contributed by atoms with E-state index in [1.807, 2.05) is 67.5 Å². The van der Waals surface area contributed by atoms with Crippen molar-refractivity contribution >= 4 is 11.9 Å². The first-order valence-electron chi connectivity index (χ1n) is 9.30. The van der Waals surface area contributed by atoms with Crippen LogP contribution in [0.5, 0.6) is 11.5 Å². The molecule has 0 bridgehead atoms. The van der Waals surface area contributed by atoms with E-state index >= 15 is 0 Å². The Morgan fingerprint density at radius 2 is 1.72 bits per heavy atom. The van der Waals surface area contributed by atoms with Gasteiger partial charge in [0.2, 0.25) is 0 Å². The molecule has 0 fully saturated rings. The van der Waals surface area contributed by atoms with Crippen LogP contribution in [0.15, 0.2) is 48.5 Å². The van der Waals surface area contributed by atoms with Gasteiger partial charge in [-0.25, -0.2) is 0 Å². The van der Waals surface area contributed by atoms with Crippen molar-refractivity contribution in [2.45, 2.75) is 18.9 Å². The minimum atomic E-state index is -1.03. The molecule has 2 aromatic carbocycles. The second kappa shape index (κ2) is 11.1. The first-order chi connectivity index (χ1) is 13.9. The van der Waals surface area contributed by atoms with E-state index in [9.17, 15) is 9.59 Å². The molecule has 0 aliphatic heterocycles. The van der Waals surface area contributed by atoms with Gasteiger partial charge in [-0.3, -0.25) is 9.59 Å². The zero-order valence-electron chi connectivity index (χ0n) is 17.0. The lowest BCUT2D eigenvalue weighted by Crippen LogP contribution is -2.35. The van der Waals surface area contributed by atoms with Crippen LogP contribution < -0.4 is 9.47 Å². The van der Waals surface area contributed by atoms with E-state index in [0.29, 0.717) is 12.3 Å². The largest absolute Gasteiger partial charge is 0.497 e. The van der Waals surface area contributed by atoms with Crippen LogP contribution in [0.1, 0.15) is 12.8 Å². The van der Waals surface area contributed by atoms with Crippen LogP contribution in [0.3, 0.4) is 0 Å². The van der Waals surface area contributed by atoms with Crippen molar-refractivity contribution in [2.24, 2.45) is 0 Å². The summed E-state index contributed by atoms with van der Waals surface area (Å²) in [6, 6.07) is 15.4. The number of hydrogen-bond donors (Lipinski definition) is 1. The van der Waals surface area contributed by atoms with Gasteiger partial charge < -0.3 is 24.2 Å². The highest BCUT2D eigenvalue weighted by atomic mass is 16.6. The lowest BCUT2D eigenvalue weighted by Gasteiger charge is -2.22. The molecule has 156 valence electrons. The summed E-state index contributed by atoms with van der Waals surface area (Å²) >= 11 is 0. The van der Waals surface area contributed by atoms with Crippen LogP contribution in [-0.4, -0.2) is 62.4 Å². The molecule has 0 aliphatic rings. The number of carbonyl (C=O) groups excluding carboxylic acids is 1. The average molecular weight is 401 g/mol. The summed E-state index contributed by atoms with van der Waals surface area (Å²) in [5, 5.41) is 8.68. The molecule has 0 saturated heterocycles. The van der Waals surface area contributed by atoms with Crippen molar-refractivity contribution in [3.63, 3.8) is 0 Å². The number of nitrogens with zero attached hydrogens (tertiary/aromatic N) is 1. The molecule has 7 nitrogen and oxygen atoms in total. The van der Waals surface area contributed by atoms with Crippen LogP contribution in [0.4, 0.5) is 0 Å². The standard InChI is InChI=1S/C22H27NO6/c1-23(2)14-20(29-22(26)12-11-21(24)25)15-28-18-9-7-16(8-10-18)17-5-4-6-19(13-17)27-3/h4-10,13,20H,11-12,14-15H2,1-3H3,(H,24,25). The Morgan fingerprint density at radius 1 is 1.00 bits per heavy atom. The Labute approximate surface area is 170 Å². The summed E-state index contributed by atoms with van der Waals surface area (Å²) in [6.07, 6.45) is -0.904. The third-order valence-corrected chi connectivity index (χ3v) is 4.10. The number of aliphatic carboxylic acids is 1. The summed E-state index contributed by atoms with van der Waals surface area (Å²) in [5.74, 6) is -0.129. The molecule has 0 aliphatic carbocycles. The van der Waals surface area contributed by atoms with Gasteiger partial charge in [0, 0.05) is 6.54 Å². The van der Waals surface area contributed by atoms with Crippen LogP contribution in [0.25, 0.3) is 11.1 Å². The number of carboxylic acid groups (broad SMARTS) is 1. The predicted molar refractivity (Wildman–Crippen MR) is 109 cm³/mol. The number of hydrogen-bond acceptors (Lipinski definition) is 6. The molecule has 0 amide bonds. The van der Waals surface area contributed by atoms with Crippen molar-refractivity contribution in [1.29, 1.82) is 0 Å². The number of likely N-dealkylation sites (N-methyl/N-ethyl adjacent to an activating group) is 1. The van der Waals surface area contributed by atoms with Crippen LogP contribution in [0, 0.1) is 0 Å². The van der Waals surface area contributed by atoms with E-state index in [1.54, 1.807) is 7.11 Å². The molecule has 0 saturated carbocycles. The van der Waals surface area contributed by atoms with Gasteiger partial charge in [-0.2, -0.15) is 0 Å². The average Bonchev–Trinajstić information content (AvgIpc) is 2.70. The third kappa shape index (κ3) is 7.83. The summed E-state index contributed by atoms with van der Waals surface area (Å²) in [4.78, 5) is 24.3. The number of benzene rings is 2. The van der Waals surface area contributed by atoms with E-state index in [1.165, 1.54) is 0 Å². The summed E-state index contributed by atoms with van der Waals surface area (Å²) in [7, 11) is 5.36. The zero-order valence-corrected chi connectivity index (χ0v) is 17.0. The zero-order chi connectivity index (χ0) is 21.2.